The Morgan fingerprint density at radius 3 is 2.67 bits per heavy atom. The molecule has 1 heterocycles. The van der Waals surface area contributed by atoms with Crippen molar-refractivity contribution in [1.82, 2.24) is 4.98 Å². The Hall–Kier alpha value is -0.750. The standard InChI is InChI=1S/C8H5BrClF2NO2/c9-2-5-3(7(11)12)1-4(10)6(13-5)8(14)15/h1,7H,2H2,(H,14,15). The van der Waals surface area contributed by atoms with Crippen LogP contribution < -0.4 is 0 Å². The molecule has 0 aliphatic carbocycles. The lowest BCUT2D eigenvalue weighted by Gasteiger charge is -2.07. The summed E-state index contributed by atoms with van der Waals surface area (Å²) in [4.78, 5) is 14.2. The summed E-state index contributed by atoms with van der Waals surface area (Å²) in [5, 5.41) is 8.42. The summed E-state index contributed by atoms with van der Waals surface area (Å²) in [5.74, 6) is -1.34. The van der Waals surface area contributed by atoms with Gasteiger partial charge in [0.25, 0.3) is 6.43 Å². The molecule has 1 aromatic heterocycles. The summed E-state index contributed by atoms with van der Waals surface area (Å²) in [6.07, 6.45) is -2.73. The highest BCUT2D eigenvalue weighted by molar-refractivity contribution is 9.08. The van der Waals surface area contributed by atoms with Crippen LogP contribution in [0, 0.1) is 0 Å². The van der Waals surface area contributed by atoms with Crippen molar-refractivity contribution < 1.29 is 18.7 Å². The number of hydrogen-bond donors (Lipinski definition) is 1. The van der Waals surface area contributed by atoms with E-state index in [1.54, 1.807) is 0 Å². The molecule has 0 bridgehead atoms. The molecule has 0 atom stereocenters. The fraction of sp³-hybridized carbons (Fsp3) is 0.250. The summed E-state index contributed by atoms with van der Waals surface area (Å²) in [7, 11) is 0. The smallest absolute Gasteiger partial charge is 0.356 e. The van der Waals surface area contributed by atoms with Gasteiger partial charge in [-0.1, -0.05) is 27.5 Å². The maximum atomic E-state index is 12.5. The van der Waals surface area contributed by atoms with Gasteiger partial charge < -0.3 is 5.11 Å². The van der Waals surface area contributed by atoms with Crippen molar-refractivity contribution in [3.05, 3.63) is 28.0 Å². The average Bonchev–Trinajstić information content (AvgIpc) is 2.16. The van der Waals surface area contributed by atoms with Gasteiger partial charge in [-0.15, -0.1) is 0 Å². The number of rotatable bonds is 3. The molecule has 0 aromatic carbocycles. The molecule has 3 nitrogen and oxygen atoms in total. The fourth-order valence-electron chi connectivity index (χ4n) is 0.987. The highest BCUT2D eigenvalue weighted by atomic mass is 79.9. The van der Waals surface area contributed by atoms with Crippen LogP contribution in [0.25, 0.3) is 0 Å². The van der Waals surface area contributed by atoms with E-state index in [0.717, 1.165) is 6.07 Å². The van der Waals surface area contributed by atoms with Gasteiger partial charge in [-0.05, 0) is 6.07 Å². The topological polar surface area (TPSA) is 50.2 Å². The molecule has 0 amide bonds. The van der Waals surface area contributed by atoms with E-state index in [-0.39, 0.29) is 21.6 Å². The van der Waals surface area contributed by atoms with Gasteiger partial charge in [0.2, 0.25) is 0 Å². The molecule has 0 radical (unpaired) electrons. The Labute approximate surface area is 97.2 Å². The number of aromatic carboxylic acids is 1. The number of pyridine rings is 1. The zero-order chi connectivity index (χ0) is 11.6. The van der Waals surface area contributed by atoms with Crippen LogP contribution in [0.5, 0.6) is 0 Å². The molecule has 1 rings (SSSR count). The number of halogens is 4. The molecule has 0 saturated carbocycles. The lowest BCUT2D eigenvalue weighted by atomic mass is 10.2. The second-order valence-electron chi connectivity index (χ2n) is 2.59. The first-order chi connectivity index (χ1) is 6.97. The van der Waals surface area contributed by atoms with E-state index < -0.39 is 18.1 Å². The Morgan fingerprint density at radius 1 is 1.67 bits per heavy atom. The zero-order valence-corrected chi connectivity index (χ0v) is 9.52. The van der Waals surface area contributed by atoms with Crippen LogP contribution in [0.4, 0.5) is 8.78 Å². The minimum absolute atomic E-state index is 0.0215. The SMILES string of the molecule is O=C(O)c1nc(CBr)c(C(F)F)cc1Cl. The summed E-state index contributed by atoms with van der Waals surface area (Å²) >= 11 is 8.46. The van der Waals surface area contributed by atoms with Gasteiger partial charge in [0.1, 0.15) is 0 Å². The van der Waals surface area contributed by atoms with Crippen molar-refractivity contribution in [3.8, 4) is 0 Å². The summed E-state index contributed by atoms with van der Waals surface area (Å²) in [6.45, 7) is 0. The van der Waals surface area contributed by atoms with Crippen LogP contribution in [-0.4, -0.2) is 16.1 Å². The highest BCUT2D eigenvalue weighted by Gasteiger charge is 2.19. The molecule has 82 valence electrons. The number of aromatic nitrogens is 1. The Morgan fingerprint density at radius 2 is 2.27 bits per heavy atom. The van der Waals surface area contributed by atoms with Crippen LogP contribution in [0.2, 0.25) is 5.02 Å². The summed E-state index contributed by atoms with van der Waals surface area (Å²) in [6, 6.07) is 0.930. The molecule has 1 aromatic rings. The van der Waals surface area contributed by atoms with Gasteiger partial charge in [-0.2, -0.15) is 0 Å². The minimum atomic E-state index is -2.73. The van der Waals surface area contributed by atoms with E-state index in [1.165, 1.54) is 0 Å². The van der Waals surface area contributed by atoms with Crippen LogP contribution in [0.15, 0.2) is 6.07 Å². The number of nitrogens with zero attached hydrogens (tertiary/aromatic N) is 1. The van der Waals surface area contributed by atoms with Crippen molar-refractivity contribution in [1.29, 1.82) is 0 Å². The third kappa shape index (κ3) is 2.63. The lowest BCUT2D eigenvalue weighted by molar-refractivity contribution is 0.0689. The molecule has 1 N–H and O–H groups in total. The average molecular weight is 300 g/mol. The summed E-state index contributed by atoms with van der Waals surface area (Å²) in [5.41, 5.74) is -0.802. The van der Waals surface area contributed by atoms with Crippen molar-refractivity contribution in [2.45, 2.75) is 11.8 Å². The van der Waals surface area contributed by atoms with Crippen LogP contribution >= 0.6 is 27.5 Å². The van der Waals surface area contributed by atoms with Crippen molar-refractivity contribution in [3.63, 3.8) is 0 Å². The number of carboxylic acid groups (broad SMARTS) is 1. The molecule has 0 fully saturated rings. The number of carboxylic acids is 1. The number of carbonyl (C=O) groups is 1. The number of hydrogen-bond acceptors (Lipinski definition) is 2. The van der Waals surface area contributed by atoms with Crippen LogP contribution in [0.3, 0.4) is 0 Å². The molecular formula is C8H5BrClF2NO2. The van der Waals surface area contributed by atoms with E-state index in [4.69, 9.17) is 16.7 Å². The third-order valence-corrected chi connectivity index (χ3v) is 2.47. The molecule has 0 unspecified atom stereocenters. The molecule has 0 spiro atoms. The third-order valence-electron chi connectivity index (χ3n) is 1.65. The van der Waals surface area contributed by atoms with E-state index >= 15 is 0 Å². The Bertz CT molecular complexity index is 400. The maximum Gasteiger partial charge on any atom is 0.356 e. The molecule has 0 aliphatic rings. The quantitative estimate of drug-likeness (QED) is 0.872. The van der Waals surface area contributed by atoms with Crippen LogP contribution in [0.1, 0.15) is 28.2 Å². The first-order valence-electron chi connectivity index (χ1n) is 3.74. The van der Waals surface area contributed by atoms with Gasteiger partial charge in [0.05, 0.1) is 10.7 Å². The van der Waals surface area contributed by atoms with Gasteiger partial charge in [0, 0.05) is 10.9 Å². The molecule has 0 saturated heterocycles. The van der Waals surface area contributed by atoms with E-state index in [0.29, 0.717) is 0 Å². The zero-order valence-electron chi connectivity index (χ0n) is 7.18. The van der Waals surface area contributed by atoms with E-state index in [9.17, 15) is 13.6 Å². The van der Waals surface area contributed by atoms with E-state index in [1.807, 2.05) is 0 Å². The second-order valence-corrected chi connectivity index (χ2v) is 3.56. The van der Waals surface area contributed by atoms with Gasteiger partial charge >= 0.3 is 5.97 Å². The molecule has 0 aliphatic heterocycles. The first kappa shape index (κ1) is 12.3. The van der Waals surface area contributed by atoms with Gasteiger partial charge in [-0.25, -0.2) is 18.6 Å². The summed E-state index contributed by atoms with van der Waals surface area (Å²) < 4.78 is 24.9. The minimum Gasteiger partial charge on any atom is -0.476 e. The highest BCUT2D eigenvalue weighted by Crippen LogP contribution is 2.27. The largest absolute Gasteiger partial charge is 0.476 e. The molecular weight excluding hydrogens is 295 g/mol. The molecule has 7 heteroatoms. The predicted molar refractivity (Wildman–Crippen MR) is 53.8 cm³/mol. The first-order valence-corrected chi connectivity index (χ1v) is 5.24. The monoisotopic (exact) mass is 299 g/mol. The Balaban J connectivity index is 3.35. The van der Waals surface area contributed by atoms with Gasteiger partial charge in [-0.3, -0.25) is 0 Å². The second kappa shape index (κ2) is 4.85. The lowest BCUT2D eigenvalue weighted by Crippen LogP contribution is -2.06. The van der Waals surface area contributed by atoms with Crippen molar-refractivity contribution >= 4 is 33.5 Å². The normalized spacial score (nSPS) is 10.7. The van der Waals surface area contributed by atoms with Crippen molar-refractivity contribution in [2.75, 3.05) is 0 Å². The van der Waals surface area contributed by atoms with E-state index in [2.05, 4.69) is 20.9 Å². The fourth-order valence-corrected chi connectivity index (χ4v) is 1.68. The molecule has 15 heavy (non-hydrogen) atoms. The van der Waals surface area contributed by atoms with Crippen molar-refractivity contribution in [2.24, 2.45) is 0 Å². The van der Waals surface area contributed by atoms with Gasteiger partial charge in [0.15, 0.2) is 5.69 Å². The maximum absolute atomic E-state index is 12.5. The Kier molecular flexibility index (Phi) is 3.98. The predicted octanol–water partition coefficient (Wildman–Crippen LogP) is 3.27. The number of alkyl halides is 3. The van der Waals surface area contributed by atoms with Crippen LogP contribution in [-0.2, 0) is 5.33 Å².